The van der Waals surface area contributed by atoms with Crippen molar-refractivity contribution in [2.24, 2.45) is 0 Å². The fraction of sp³-hybridized carbons (Fsp3) is 0.333. The molecule has 21 heavy (non-hydrogen) atoms. The van der Waals surface area contributed by atoms with Crippen LogP contribution in [0, 0.1) is 0 Å². The van der Waals surface area contributed by atoms with Crippen molar-refractivity contribution in [3.8, 4) is 0 Å². The molecule has 0 aromatic heterocycles. The smallest absolute Gasteiger partial charge is 0.0588 e. The lowest BCUT2D eigenvalue weighted by Crippen LogP contribution is -2.23. The zero-order valence-corrected chi connectivity index (χ0v) is 15.7. The summed E-state index contributed by atoms with van der Waals surface area (Å²) in [6, 6.07) is 15.4. The summed E-state index contributed by atoms with van der Waals surface area (Å²) in [6.45, 7) is 5.39. The molecule has 1 N–H and O–H groups in total. The fourth-order valence-electron chi connectivity index (χ4n) is 2.42. The number of rotatable bonds is 6. The SMILES string of the molecule is CCCNC(c1cccc(CC)c1)c1cc(Br)ccc1Br. The van der Waals surface area contributed by atoms with Crippen LogP contribution in [0.15, 0.2) is 51.4 Å². The Morgan fingerprint density at radius 1 is 1.05 bits per heavy atom. The molecule has 0 aliphatic carbocycles. The second kappa shape index (κ2) is 8.11. The lowest BCUT2D eigenvalue weighted by atomic mass is 9.96. The maximum Gasteiger partial charge on any atom is 0.0588 e. The number of benzene rings is 2. The van der Waals surface area contributed by atoms with Crippen molar-refractivity contribution in [1.82, 2.24) is 5.32 Å². The minimum absolute atomic E-state index is 0.211. The van der Waals surface area contributed by atoms with E-state index in [9.17, 15) is 0 Å². The first-order valence-electron chi connectivity index (χ1n) is 7.42. The van der Waals surface area contributed by atoms with Crippen LogP contribution in [0.1, 0.15) is 43.0 Å². The highest BCUT2D eigenvalue weighted by molar-refractivity contribution is 9.11. The van der Waals surface area contributed by atoms with E-state index in [2.05, 4.69) is 93.5 Å². The summed E-state index contributed by atoms with van der Waals surface area (Å²) < 4.78 is 2.25. The second-order valence-corrected chi connectivity index (χ2v) is 6.92. The van der Waals surface area contributed by atoms with E-state index < -0.39 is 0 Å². The number of hydrogen-bond acceptors (Lipinski definition) is 1. The van der Waals surface area contributed by atoms with E-state index in [0.29, 0.717) is 0 Å². The van der Waals surface area contributed by atoms with E-state index in [1.54, 1.807) is 0 Å². The molecular formula is C18H21Br2N. The molecule has 0 aliphatic rings. The minimum Gasteiger partial charge on any atom is -0.306 e. The van der Waals surface area contributed by atoms with Crippen molar-refractivity contribution in [1.29, 1.82) is 0 Å². The van der Waals surface area contributed by atoms with Crippen LogP contribution in [0.25, 0.3) is 0 Å². The van der Waals surface area contributed by atoms with Crippen molar-refractivity contribution in [3.63, 3.8) is 0 Å². The van der Waals surface area contributed by atoms with Crippen molar-refractivity contribution >= 4 is 31.9 Å². The van der Waals surface area contributed by atoms with Crippen LogP contribution in [0.2, 0.25) is 0 Å². The van der Waals surface area contributed by atoms with Crippen molar-refractivity contribution in [3.05, 3.63) is 68.1 Å². The summed E-state index contributed by atoms with van der Waals surface area (Å²) in [5, 5.41) is 3.67. The standard InChI is InChI=1S/C18H21Br2N/c1-3-10-21-18(14-7-5-6-13(4-2)11-14)16-12-15(19)8-9-17(16)20/h5-9,11-12,18,21H,3-4,10H2,1-2H3. The van der Waals surface area contributed by atoms with Crippen molar-refractivity contribution in [2.75, 3.05) is 6.54 Å². The molecule has 1 unspecified atom stereocenters. The average molecular weight is 411 g/mol. The van der Waals surface area contributed by atoms with E-state index in [1.807, 2.05) is 0 Å². The van der Waals surface area contributed by atoms with Gasteiger partial charge in [0.05, 0.1) is 6.04 Å². The predicted octanol–water partition coefficient (Wildman–Crippen LogP) is 5.86. The average Bonchev–Trinajstić information content (AvgIpc) is 2.51. The third kappa shape index (κ3) is 4.41. The van der Waals surface area contributed by atoms with Gasteiger partial charge in [-0.2, -0.15) is 0 Å². The molecule has 112 valence electrons. The lowest BCUT2D eigenvalue weighted by Gasteiger charge is -2.22. The molecule has 1 atom stereocenters. The predicted molar refractivity (Wildman–Crippen MR) is 97.8 cm³/mol. The van der Waals surface area contributed by atoms with Crippen LogP contribution >= 0.6 is 31.9 Å². The molecule has 2 aromatic rings. The summed E-state index contributed by atoms with van der Waals surface area (Å²) in [5.74, 6) is 0. The van der Waals surface area contributed by atoms with Gasteiger partial charge < -0.3 is 5.32 Å². The Bertz CT molecular complexity index is 596. The molecule has 0 radical (unpaired) electrons. The first-order valence-corrected chi connectivity index (χ1v) is 9.01. The summed E-state index contributed by atoms with van der Waals surface area (Å²) in [6.07, 6.45) is 2.18. The van der Waals surface area contributed by atoms with E-state index in [-0.39, 0.29) is 6.04 Å². The Morgan fingerprint density at radius 3 is 2.57 bits per heavy atom. The highest BCUT2D eigenvalue weighted by Gasteiger charge is 2.16. The lowest BCUT2D eigenvalue weighted by molar-refractivity contribution is 0.596. The molecule has 0 saturated carbocycles. The van der Waals surface area contributed by atoms with Gasteiger partial charge in [-0.3, -0.25) is 0 Å². The third-order valence-corrected chi connectivity index (χ3v) is 4.78. The molecule has 1 nitrogen and oxygen atoms in total. The van der Waals surface area contributed by atoms with Gasteiger partial charge in [0.25, 0.3) is 0 Å². The molecule has 0 aliphatic heterocycles. The zero-order valence-electron chi connectivity index (χ0n) is 12.5. The summed E-state index contributed by atoms with van der Waals surface area (Å²) in [5.41, 5.74) is 3.97. The summed E-state index contributed by atoms with van der Waals surface area (Å²) >= 11 is 7.28. The zero-order chi connectivity index (χ0) is 15.2. The van der Waals surface area contributed by atoms with Crippen LogP contribution in [0.3, 0.4) is 0 Å². The largest absolute Gasteiger partial charge is 0.306 e. The molecule has 0 bridgehead atoms. The normalized spacial score (nSPS) is 12.4. The molecule has 0 saturated heterocycles. The van der Waals surface area contributed by atoms with Gasteiger partial charge in [0, 0.05) is 8.95 Å². The topological polar surface area (TPSA) is 12.0 Å². The number of aryl methyl sites for hydroxylation is 1. The van der Waals surface area contributed by atoms with E-state index >= 15 is 0 Å². The van der Waals surface area contributed by atoms with Gasteiger partial charge in [-0.25, -0.2) is 0 Å². The number of hydrogen-bond donors (Lipinski definition) is 1. The van der Waals surface area contributed by atoms with Gasteiger partial charge in [0.2, 0.25) is 0 Å². The van der Waals surface area contributed by atoms with E-state index in [1.165, 1.54) is 16.7 Å². The van der Waals surface area contributed by atoms with Crippen molar-refractivity contribution < 1.29 is 0 Å². The van der Waals surface area contributed by atoms with Gasteiger partial charge in [0.15, 0.2) is 0 Å². The Balaban J connectivity index is 2.44. The molecule has 0 amide bonds. The highest BCUT2D eigenvalue weighted by Crippen LogP contribution is 2.31. The van der Waals surface area contributed by atoms with Crippen LogP contribution < -0.4 is 5.32 Å². The summed E-state index contributed by atoms with van der Waals surface area (Å²) in [4.78, 5) is 0. The Morgan fingerprint density at radius 2 is 1.86 bits per heavy atom. The number of halogens is 2. The molecule has 2 rings (SSSR count). The first kappa shape index (κ1) is 16.7. The minimum atomic E-state index is 0.211. The maximum atomic E-state index is 3.70. The maximum absolute atomic E-state index is 3.70. The monoisotopic (exact) mass is 409 g/mol. The highest BCUT2D eigenvalue weighted by atomic mass is 79.9. The van der Waals surface area contributed by atoms with Crippen molar-refractivity contribution in [2.45, 2.75) is 32.7 Å². The van der Waals surface area contributed by atoms with Crippen LogP contribution in [-0.2, 0) is 6.42 Å². The molecular weight excluding hydrogens is 390 g/mol. The molecule has 3 heteroatoms. The first-order chi connectivity index (χ1) is 10.2. The fourth-order valence-corrected chi connectivity index (χ4v) is 3.28. The van der Waals surface area contributed by atoms with Gasteiger partial charge >= 0.3 is 0 Å². The molecule has 2 aromatic carbocycles. The van der Waals surface area contributed by atoms with Crippen LogP contribution in [0.4, 0.5) is 0 Å². The third-order valence-electron chi connectivity index (χ3n) is 3.56. The molecule has 0 fully saturated rings. The van der Waals surface area contributed by atoms with Gasteiger partial charge in [-0.15, -0.1) is 0 Å². The Labute approximate surface area is 144 Å². The number of nitrogens with one attached hydrogen (secondary N) is 1. The van der Waals surface area contributed by atoms with E-state index in [0.717, 1.165) is 28.3 Å². The van der Waals surface area contributed by atoms with E-state index in [4.69, 9.17) is 0 Å². The Hall–Kier alpha value is -0.640. The molecule has 0 spiro atoms. The Kier molecular flexibility index (Phi) is 6.46. The quantitative estimate of drug-likeness (QED) is 0.628. The van der Waals surface area contributed by atoms with Gasteiger partial charge in [-0.05, 0) is 54.3 Å². The summed E-state index contributed by atoms with van der Waals surface area (Å²) in [7, 11) is 0. The van der Waals surface area contributed by atoms with Crippen LogP contribution in [-0.4, -0.2) is 6.54 Å². The second-order valence-electron chi connectivity index (χ2n) is 5.15. The van der Waals surface area contributed by atoms with Gasteiger partial charge in [-0.1, -0.05) is 70.0 Å². The molecule has 0 heterocycles. The van der Waals surface area contributed by atoms with Crippen LogP contribution in [0.5, 0.6) is 0 Å². The van der Waals surface area contributed by atoms with Gasteiger partial charge in [0.1, 0.15) is 0 Å².